The third-order valence-electron chi connectivity index (χ3n) is 2.59. The molecule has 16 heavy (non-hydrogen) atoms. The van der Waals surface area contributed by atoms with Crippen molar-refractivity contribution in [2.75, 3.05) is 0 Å². The van der Waals surface area contributed by atoms with E-state index in [0.717, 1.165) is 19.3 Å². The Morgan fingerprint density at radius 2 is 1.38 bits per heavy atom. The Bertz CT molecular complexity index is 422. The van der Waals surface area contributed by atoms with Crippen LogP contribution < -0.4 is 0 Å². The summed E-state index contributed by atoms with van der Waals surface area (Å²) in [5.74, 6) is -0.169. The molecule has 1 nitrogen and oxygen atoms in total. The third-order valence-corrected chi connectivity index (χ3v) is 2.59. The van der Waals surface area contributed by atoms with Crippen molar-refractivity contribution in [2.24, 2.45) is 0 Å². The molecular formula is C14H14FN. The van der Waals surface area contributed by atoms with Gasteiger partial charge in [0, 0.05) is 12.4 Å². The van der Waals surface area contributed by atoms with E-state index in [-0.39, 0.29) is 5.82 Å². The number of benzene rings is 1. The van der Waals surface area contributed by atoms with Crippen molar-refractivity contribution in [3.05, 3.63) is 65.7 Å². The van der Waals surface area contributed by atoms with Gasteiger partial charge in [0.2, 0.25) is 0 Å². The molecule has 82 valence electrons. The molecule has 0 amide bonds. The van der Waals surface area contributed by atoms with Gasteiger partial charge >= 0.3 is 0 Å². The minimum absolute atomic E-state index is 0.169. The first-order chi connectivity index (χ1) is 7.84. The van der Waals surface area contributed by atoms with Gasteiger partial charge in [0.1, 0.15) is 5.82 Å². The fraction of sp³-hybridized carbons (Fsp3) is 0.214. The highest BCUT2D eigenvalue weighted by atomic mass is 19.1. The van der Waals surface area contributed by atoms with Gasteiger partial charge in [-0.25, -0.2) is 4.39 Å². The Morgan fingerprint density at radius 3 is 2.00 bits per heavy atom. The predicted molar refractivity (Wildman–Crippen MR) is 62.7 cm³/mol. The van der Waals surface area contributed by atoms with Crippen LogP contribution in [0.4, 0.5) is 4.39 Å². The number of hydrogen-bond donors (Lipinski definition) is 0. The highest BCUT2D eigenvalue weighted by Crippen LogP contribution is 2.08. The number of pyridine rings is 1. The molecule has 0 spiro atoms. The van der Waals surface area contributed by atoms with Gasteiger partial charge in [-0.3, -0.25) is 4.98 Å². The molecule has 0 radical (unpaired) electrons. The Labute approximate surface area is 95.0 Å². The van der Waals surface area contributed by atoms with Crippen molar-refractivity contribution < 1.29 is 4.39 Å². The molecule has 1 heterocycles. The average Bonchev–Trinajstić information content (AvgIpc) is 2.33. The molecule has 0 aliphatic rings. The molecule has 2 rings (SSSR count). The van der Waals surface area contributed by atoms with Crippen LogP contribution in [0.1, 0.15) is 17.5 Å². The fourth-order valence-corrected chi connectivity index (χ4v) is 1.70. The smallest absolute Gasteiger partial charge is 0.123 e. The molecule has 0 aliphatic carbocycles. The van der Waals surface area contributed by atoms with Crippen molar-refractivity contribution in [2.45, 2.75) is 19.3 Å². The molecule has 0 fully saturated rings. The van der Waals surface area contributed by atoms with Crippen molar-refractivity contribution in [1.82, 2.24) is 4.98 Å². The quantitative estimate of drug-likeness (QED) is 0.761. The minimum atomic E-state index is -0.169. The summed E-state index contributed by atoms with van der Waals surface area (Å²) in [5, 5.41) is 0. The summed E-state index contributed by atoms with van der Waals surface area (Å²) in [6, 6.07) is 10.8. The van der Waals surface area contributed by atoms with E-state index in [1.807, 2.05) is 36.7 Å². The topological polar surface area (TPSA) is 12.9 Å². The zero-order valence-corrected chi connectivity index (χ0v) is 9.07. The first-order valence-electron chi connectivity index (χ1n) is 5.48. The Kier molecular flexibility index (Phi) is 3.65. The molecule has 2 aromatic rings. The second-order valence-electron chi connectivity index (χ2n) is 3.84. The minimum Gasteiger partial charge on any atom is -0.265 e. The standard InChI is InChI=1S/C14H14FN/c15-14-6-4-12(5-7-14)2-1-3-13-8-10-16-11-9-13/h4-11H,1-3H2. The van der Waals surface area contributed by atoms with Gasteiger partial charge in [0.15, 0.2) is 0 Å². The molecule has 0 N–H and O–H groups in total. The van der Waals surface area contributed by atoms with Gasteiger partial charge in [-0.2, -0.15) is 0 Å². The molecule has 0 bridgehead atoms. The average molecular weight is 215 g/mol. The second-order valence-corrected chi connectivity index (χ2v) is 3.84. The zero-order chi connectivity index (χ0) is 11.2. The van der Waals surface area contributed by atoms with Crippen molar-refractivity contribution in [1.29, 1.82) is 0 Å². The molecule has 0 saturated heterocycles. The number of hydrogen-bond acceptors (Lipinski definition) is 1. The summed E-state index contributed by atoms with van der Waals surface area (Å²) in [6.45, 7) is 0. The van der Waals surface area contributed by atoms with Gasteiger partial charge in [0.25, 0.3) is 0 Å². The Morgan fingerprint density at radius 1 is 0.812 bits per heavy atom. The van der Waals surface area contributed by atoms with Crippen molar-refractivity contribution in [3.8, 4) is 0 Å². The number of rotatable bonds is 4. The maximum Gasteiger partial charge on any atom is 0.123 e. The zero-order valence-electron chi connectivity index (χ0n) is 9.07. The molecule has 0 atom stereocenters. The van der Waals surface area contributed by atoms with E-state index in [2.05, 4.69) is 4.98 Å². The second kappa shape index (κ2) is 5.40. The van der Waals surface area contributed by atoms with Crippen molar-refractivity contribution in [3.63, 3.8) is 0 Å². The van der Waals surface area contributed by atoms with E-state index < -0.39 is 0 Å². The van der Waals surface area contributed by atoms with Crippen LogP contribution in [0.25, 0.3) is 0 Å². The van der Waals surface area contributed by atoms with Crippen LogP contribution in [0.15, 0.2) is 48.8 Å². The summed E-state index contributed by atoms with van der Waals surface area (Å²) in [4.78, 5) is 3.98. The van der Waals surface area contributed by atoms with E-state index in [1.165, 1.54) is 23.3 Å². The van der Waals surface area contributed by atoms with E-state index in [1.54, 1.807) is 0 Å². The number of halogens is 1. The van der Waals surface area contributed by atoms with Gasteiger partial charge in [0.05, 0.1) is 0 Å². The Balaban J connectivity index is 1.82. The summed E-state index contributed by atoms with van der Waals surface area (Å²) < 4.78 is 12.7. The van der Waals surface area contributed by atoms with Crippen LogP contribution in [0.3, 0.4) is 0 Å². The lowest BCUT2D eigenvalue weighted by Crippen LogP contribution is -1.90. The molecule has 2 heteroatoms. The molecule has 0 saturated carbocycles. The highest BCUT2D eigenvalue weighted by Gasteiger charge is 1.96. The normalized spacial score (nSPS) is 10.3. The van der Waals surface area contributed by atoms with Gasteiger partial charge in [-0.05, 0) is 54.7 Å². The molecule has 1 aromatic heterocycles. The fourth-order valence-electron chi connectivity index (χ4n) is 1.70. The first kappa shape index (κ1) is 10.8. The number of nitrogens with zero attached hydrogens (tertiary/aromatic N) is 1. The maximum absolute atomic E-state index is 12.7. The van der Waals surface area contributed by atoms with Crippen LogP contribution in [0, 0.1) is 5.82 Å². The van der Waals surface area contributed by atoms with Gasteiger partial charge in [-0.1, -0.05) is 12.1 Å². The van der Waals surface area contributed by atoms with E-state index in [0.29, 0.717) is 0 Å². The van der Waals surface area contributed by atoms with Crippen LogP contribution in [0.5, 0.6) is 0 Å². The number of aromatic nitrogens is 1. The Hall–Kier alpha value is -1.70. The van der Waals surface area contributed by atoms with Crippen LogP contribution in [-0.4, -0.2) is 4.98 Å². The van der Waals surface area contributed by atoms with E-state index >= 15 is 0 Å². The monoisotopic (exact) mass is 215 g/mol. The first-order valence-corrected chi connectivity index (χ1v) is 5.48. The predicted octanol–water partition coefficient (Wildman–Crippen LogP) is 3.40. The summed E-state index contributed by atoms with van der Waals surface area (Å²) in [7, 11) is 0. The molecule has 0 unspecified atom stereocenters. The van der Waals surface area contributed by atoms with Gasteiger partial charge in [-0.15, -0.1) is 0 Å². The lowest BCUT2D eigenvalue weighted by atomic mass is 10.1. The summed E-state index contributed by atoms with van der Waals surface area (Å²) in [5.41, 5.74) is 2.49. The van der Waals surface area contributed by atoms with E-state index in [4.69, 9.17) is 0 Å². The summed E-state index contributed by atoms with van der Waals surface area (Å²) in [6.07, 6.45) is 6.73. The highest BCUT2D eigenvalue weighted by molar-refractivity contribution is 5.17. The van der Waals surface area contributed by atoms with Crippen molar-refractivity contribution >= 4 is 0 Å². The third kappa shape index (κ3) is 3.16. The molecule has 1 aromatic carbocycles. The molecule has 0 aliphatic heterocycles. The van der Waals surface area contributed by atoms with Crippen LogP contribution >= 0.6 is 0 Å². The molecular weight excluding hydrogens is 201 g/mol. The number of aryl methyl sites for hydroxylation is 2. The van der Waals surface area contributed by atoms with Crippen LogP contribution in [0.2, 0.25) is 0 Å². The lowest BCUT2D eigenvalue weighted by Gasteiger charge is -2.01. The SMILES string of the molecule is Fc1ccc(CCCc2ccncc2)cc1. The van der Waals surface area contributed by atoms with E-state index in [9.17, 15) is 4.39 Å². The summed E-state index contributed by atoms with van der Waals surface area (Å²) >= 11 is 0. The lowest BCUT2D eigenvalue weighted by molar-refractivity contribution is 0.626. The van der Waals surface area contributed by atoms with Gasteiger partial charge < -0.3 is 0 Å². The maximum atomic E-state index is 12.7. The van der Waals surface area contributed by atoms with Crippen LogP contribution in [-0.2, 0) is 12.8 Å². The largest absolute Gasteiger partial charge is 0.265 e.